The lowest BCUT2D eigenvalue weighted by atomic mass is 10.1. The van der Waals surface area contributed by atoms with E-state index in [0.717, 1.165) is 25.9 Å². The zero-order valence-corrected chi connectivity index (χ0v) is 11.1. The van der Waals surface area contributed by atoms with Crippen LogP contribution in [-0.4, -0.2) is 55.0 Å². The van der Waals surface area contributed by atoms with Gasteiger partial charge in [0.15, 0.2) is 0 Å². The Bertz CT molecular complexity index is 235. The van der Waals surface area contributed by atoms with Crippen LogP contribution in [0.1, 0.15) is 32.6 Å². The molecule has 1 atom stereocenters. The van der Waals surface area contributed by atoms with Crippen LogP contribution < -0.4 is 11.3 Å². The zero-order chi connectivity index (χ0) is 12.7. The van der Waals surface area contributed by atoms with Crippen LogP contribution in [-0.2, 0) is 4.79 Å². The minimum atomic E-state index is -0.0572. The second-order valence-corrected chi connectivity index (χ2v) is 5.01. The van der Waals surface area contributed by atoms with Crippen LogP contribution in [0.15, 0.2) is 0 Å². The molecule has 1 fully saturated rings. The highest BCUT2D eigenvalue weighted by atomic mass is 16.2. The number of hydrogen-bond acceptors (Lipinski definition) is 4. The number of rotatable bonds is 6. The number of nitrogens with one attached hydrogen (secondary N) is 1. The molecular formula is C12H26N4O. The van der Waals surface area contributed by atoms with E-state index in [2.05, 4.69) is 29.2 Å². The van der Waals surface area contributed by atoms with E-state index in [9.17, 15) is 4.79 Å². The molecule has 0 aromatic carbocycles. The summed E-state index contributed by atoms with van der Waals surface area (Å²) in [5.41, 5.74) is 2.16. The van der Waals surface area contributed by atoms with Crippen LogP contribution in [0.2, 0.25) is 0 Å². The van der Waals surface area contributed by atoms with E-state index in [1.807, 2.05) is 0 Å². The Kier molecular flexibility index (Phi) is 6.47. The number of carbonyl (C=O) groups excluding carboxylic acids is 1. The van der Waals surface area contributed by atoms with Crippen LogP contribution >= 0.6 is 0 Å². The van der Waals surface area contributed by atoms with E-state index in [0.29, 0.717) is 12.5 Å². The van der Waals surface area contributed by atoms with E-state index >= 15 is 0 Å². The fourth-order valence-electron chi connectivity index (χ4n) is 2.20. The van der Waals surface area contributed by atoms with Crippen molar-refractivity contribution < 1.29 is 4.79 Å². The Morgan fingerprint density at radius 3 is 2.76 bits per heavy atom. The zero-order valence-electron chi connectivity index (χ0n) is 11.1. The quantitative estimate of drug-likeness (QED) is 0.302. The SMILES string of the molecule is CC1CN(CCCCCC(=O)NN)CCN1C. The van der Waals surface area contributed by atoms with E-state index in [1.54, 1.807) is 0 Å². The summed E-state index contributed by atoms with van der Waals surface area (Å²) < 4.78 is 0. The summed E-state index contributed by atoms with van der Waals surface area (Å²) in [5.74, 6) is 4.96. The van der Waals surface area contributed by atoms with Crippen molar-refractivity contribution >= 4 is 5.91 Å². The first kappa shape index (κ1) is 14.4. The Morgan fingerprint density at radius 2 is 2.12 bits per heavy atom. The lowest BCUT2D eigenvalue weighted by Gasteiger charge is -2.37. The number of carbonyl (C=O) groups is 1. The number of hydrazine groups is 1. The Hall–Kier alpha value is -0.650. The summed E-state index contributed by atoms with van der Waals surface area (Å²) in [6.45, 7) is 6.93. The largest absolute Gasteiger partial charge is 0.301 e. The fourth-order valence-corrected chi connectivity index (χ4v) is 2.20. The van der Waals surface area contributed by atoms with Crippen molar-refractivity contribution in [2.45, 2.75) is 38.6 Å². The monoisotopic (exact) mass is 242 g/mol. The Morgan fingerprint density at radius 1 is 1.35 bits per heavy atom. The third kappa shape index (κ3) is 5.48. The molecule has 1 amide bonds. The maximum absolute atomic E-state index is 10.9. The van der Waals surface area contributed by atoms with E-state index in [-0.39, 0.29) is 5.91 Å². The molecule has 17 heavy (non-hydrogen) atoms. The highest BCUT2D eigenvalue weighted by molar-refractivity contribution is 5.74. The minimum absolute atomic E-state index is 0.0572. The second-order valence-electron chi connectivity index (χ2n) is 5.01. The van der Waals surface area contributed by atoms with Crippen LogP contribution in [0.25, 0.3) is 0 Å². The molecule has 1 aliphatic heterocycles. The molecule has 0 aliphatic carbocycles. The van der Waals surface area contributed by atoms with Gasteiger partial charge in [0.2, 0.25) is 5.91 Å². The highest BCUT2D eigenvalue weighted by Gasteiger charge is 2.19. The van der Waals surface area contributed by atoms with Crippen LogP contribution in [0.3, 0.4) is 0 Å². The fraction of sp³-hybridized carbons (Fsp3) is 0.917. The third-order valence-corrected chi connectivity index (χ3v) is 3.58. The van der Waals surface area contributed by atoms with E-state index in [4.69, 9.17) is 5.84 Å². The average Bonchev–Trinajstić information content (AvgIpc) is 2.33. The van der Waals surface area contributed by atoms with Gasteiger partial charge in [-0.1, -0.05) is 6.42 Å². The van der Waals surface area contributed by atoms with Crippen molar-refractivity contribution in [3.63, 3.8) is 0 Å². The lowest BCUT2D eigenvalue weighted by Crippen LogP contribution is -2.50. The predicted octanol–water partition coefficient (Wildman–Crippen LogP) is 0.173. The van der Waals surface area contributed by atoms with Gasteiger partial charge in [-0.15, -0.1) is 0 Å². The van der Waals surface area contributed by atoms with E-state index < -0.39 is 0 Å². The summed E-state index contributed by atoms with van der Waals surface area (Å²) in [6, 6.07) is 0.659. The highest BCUT2D eigenvalue weighted by Crippen LogP contribution is 2.09. The van der Waals surface area contributed by atoms with Gasteiger partial charge in [-0.25, -0.2) is 5.84 Å². The van der Waals surface area contributed by atoms with Gasteiger partial charge in [0.1, 0.15) is 0 Å². The van der Waals surface area contributed by atoms with Gasteiger partial charge in [-0.2, -0.15) is 0 Å². The number of amides is 1. The summed E-state index contributed by atoms with van der Waals surface area (Å²) in [6.07, 6.45) is 3.77. The molecule has 0 saturated carbocycles. The van der Waals surface area contributed by atoms with Crippen LogP contribution in [0, 0.1) is 0 Å². The molecule has 0 aromatic rings. The summed E-state index contributed by atoms with van der Waals surface area (Å²) in [5, 5.41) is 0. The minimum Gasteiger partial charge on any atom is -0.301 e. The summed E-state index contributed by atoms with van der Waals surface area (Å²) in [4.78, 5) is 15.8. The molecule has 5 nitrogen and oxygen atoms in total. The average molecular weight is 242 g/mol. The van der Waals surface area contributed by atoms with Crippen molar-refractivity contribution in [2.75, 3.05) is 33.2 Å². The lowest BCUT2D eigenvalue weighted by molar-refractivity contribution is -0.121. The van der Waals surface area contributed by atoms with Gasteiger partial charge in [-0.3, -0.25) is 10.2 Å². The molecule has 1 rings (SSSR count). The first-order valence-corrected chi connectivity index (χ1v) is 6.55. The second kappa shape index (κ2) is 7.63. The molecule has 1 saturated heterocycles. The standard InChI is InChI=1S/C12H26N4O/c1-11-10-16(9-8-15(11)2)7-5-3-4-6-12(17)14-13/h11H,3-10,13H2,1-2H3,(H,14,17). The number of nitrogens with zero attached hydrogens (tertiary/aromatic N) is 2. The van der Waals surface area contributed by atoms with Crippen molar-refractivity contribution in [3.8, 4) is 0 Å². The molecule has 0 spiro atoms. The number of likely N-dealkylation sites (N-methyl/N-ethyl adjacent to an activating group) is 1. The number of hydrogen-bond donors (Lipinski definition) is 2. The van der Waals surface area contributed by atoms with Crippen LogP contribution in [0.5, 0.6) is 0 Å². The maximum Gasteiger partial charge on any atom is 0.233 e. The molecule has 3 N–H and O–H groups in total. The van der Waals surface area contributed by atoms with Gasteiger partial charge in [-0.05, 0) is 33.4 Å². The molecular weight excluding hydrogens is 216 g/mol. The van der Waals surface area contributed by atoms with Gasteiger partial charge >= 0.3 is 0 Å². The number of nitrogens with two attached hydrogens (primary N) is 1. The van der Waals surface area contributed by atoms with Crippen molar-refractivity contribution in [1.29, 1.82) is 0 Å². The number of unbranched alkanes of at least 4 members (excludes halogenated alkanes) is 2. The molecule has 0 radical (unpaired) electrons. The third-order valence-electron chi connectivity index (χ3n) is 3.58. The normalized spacial score (nSPS) is 22.6. The van der Waals surface area contributed by atoms with Crippen molar-refractivity contribution in [1.82, 2.24) is 15.2 Å². The smallest absolute Gasteiger partial charge is 0.233 e. The molecule has 1 heterocycles. The van der Waals surface area contributed by atoms with Gasteiger partial charge in [0.05, 0.1) is 0 Å². The summed E-state index contributed by atoms with van der Waals surface area (Å²) >= 11 is 0. The molecule has 0 aromatic heterocycles. The summed E-state index contributed by atoms with van der Waals surface area (Å²) in [7, 11) is 2.19. The predicted molar refractivity (Wildman–Crippen MR) is 69.3 cm³/mol. The maximum atomic E-state index is 10.9. The Balaban J connectivity index is 2.01. The van der Waals surface area contributed by atoms with Crippen LogP contribution in [0.4, 0.5) is 0 Å². The van der Waals surface area contributed by atoms with Gasteiger partial charge in [0, 0.05) is 32.1 Å². The molecule has 5 heteroatoms. The van der Waals surface area contributed by atoms with Crippen molar-refractivity contribution in [3.05, 3.63) is 0 Å². The van der Waals surface area contributed by atoms with Gasteiger partial charge in [0.25, 0.3) is 0 Å². The first-order chi connectivity index (χ1) is 8.13. The molecule has 0 bridgehead atoms. The molecule has 1 aliphatic rings. The van der Waals surface area contributed by atoms with Gasteiger partial charge < -0.3 is 9.80 Å². The topological polar surface area (TPSA) is 61.6 Å². The van der Waals surface area contributed by atoms with E-state index in [1.165, 1.54) is 19.5 Å². The molecule has 100 valence electrons. The van der Waals surface area contributed by atoms with Crippen molar-refractivity contribution in [2.24, 2.45) is 5.84 Å². The number of piperazine rings is 1. The first-order valence-electron chi connectivity index (χ1n) is 6.55. The Labute approximate surface area is 104 Å². The molecule has 1 unspecified atom stereocenters.